The Morgan fingerprint density at radius 2 is 1.75 bits per heavy atom. The Kier molecular flexibility index (Phi) is 4.35. The number of aryl methyl sites for hydroxylation is 2. The van der Waals surface area contributed by atoms with Crippen LogP contribution in [0.15, 0.2) is 42.5 Å². The van der Waals surface area contributed by atoms with Gasteiger partial charge in [-0.05, 0) is 36.6 Å². The molecule has 0 aliphatic heterocycles. The molecule has 0 aliphatic carbocycles. The van der Waals surface area contributed by atoms with Crippen LogP contribution in [0.3, 0.4) is 0 Å². The van der Waals surface area contributed by atoms with Crippen LogP contribution in [-0.2, 0) is 13.0 Å². The highest BCUT2D eigenvalue weighted by Gasteiger charge is 2.09. The van der Waals surface area contributed by atoms with Crippen LogP contribution in [0.5, 0.6) is 0 Å². The molecule has 0 atom stereocenters. The summed E-state index contributed by atoms with van der Waals surface area (Å²) in [6.45, 7) is 4.59. The van der Waals surface area contributed by atoms with Crippen molar-refractivity contribution >= 4 is 11.4 Å². The molecule has 4 heteroatoms. The molecule has 1 N–H and O–H groups in total. The number of nitro groups is 1. The quantitative estimate of drug-likeness (QED) is 0.658. The lowest BCUT2D eigenvalue weighted by molar-refractivity contribution is -0.385. The molecular formula is C16H18N2O2. The van der Waals surface area contributed by atoms with Crippen LogP contribution in [0, 0.1) is 17.0 Å². The van der Waals surface area contributed by atoms with E-state index in [0.29, 0.717) is 12.1 Å². The Hall–Kier alpha value is -2.36. The third kappa shape index (κ3) is 3.35. The topological polar surface area (TPSA) is 55.2 Å². The van der Waals surface area contributed by atoms with E-state index in [9.17, 15) is 10.1 Å². The van der Waals surface area contributed by atoms with Gasteiger partial charge in [0.15, 0.2) is 0 Å². The molecule has 0 amide bonds. The van der Waals surface area contributed by atoms with Crippen molar-refractivity contribution in [1.29, 1.82) is 0 Å². The second kappa shape index (κ2) is 6.19. The minimum atomic E-state index is -0.359. The van der Waals surface area contributed by atoms with Crippen LogP contribution >= 0.6 is 0 Å². The summed E-state index contributed by atoms with van der Waals surface area (Å²) in [5.41, 5.74) is 4.23. The standard InChI is InChI=1S/C16H18N2O2/c1-3-13-4-6-14(7-5-13)11-17-15-8-9-16(18(19)20)12(2)10-15/h4-10,17H,3,11H2,1-2H3. The van der Waals surface area contributed by atoms with E-state index in [1.165, 1.54) is 17.2 Å². The number of hydrogen-bond donors (Lipinski definition) is 1. The van der Waals surface area contributed by atoms with Crippen molar-refractivity contribution in [3.63, 3.8) is 0 Å². The van der Waals surface area contributed by atoms with Crippen molar-refractivity contribution in [1.82, 2.24) is 0 Å². The summed E-state index contributed by atoms with van der Waals surface area (Å²) in [6, 6.07) is 13.5. The van der Waals surface area contributed by atoms with Gasteiger partial charge < -0.3 is 5.32 Å². The van der Waals surface area contributed by atoms with E-state index in [-0.39, 0.29) is 10.6 Å². The van der Waals surface area contributed by atoms with Crippen LogP contribution < -0.4 is 5.32 Å². The predicted molar refractivity (Wildman–Crippen MR) is 81.0 cm³/mol. The maximum Gasteiger partial charge on any atom is 0.272 e. The van der Waals surface area contributed by atoms with Crippen molar-refractivity contribution < 1.29 is 4.92 Å². The Labute approximate surface area is 118 Å². The first kappa shape index (κ1) is 14.1. The van der Waals surface area contributed by atoms with E-state index < -0.39 is 0 Å². The van der Waals surface area contributed by atoms with Crippen LogP contribution in [0.1, 0.15) is 23.6 Å². The third-order valence-corrected chi connectivity index (χ3v) is 3.32. The van der Waals surface area contributed by atoms with E-state index in [0.717, 1.165) is 12.1 Å². The van der Waals surface area contributed by atoms with E-state index in [1.54, 1.807) is 19.1 Å². The second-order valence-electron chi connectivity index (χ2n) is 4.78. The number of nitrogens with zero attached hydrogens (tertiary/aromatic N) is 1. The average Bonchev–Trinajstić information content (AvgIpc) is 2.45. The first-order valence-electron chi connectivity index (χ1n) is 6.67. The van der Waals surface area contributed by atoms with Gasteiger partial charge in [-0.3, -0.25) is 10.1 Å². The summed E-state index contributed by atoms with van der Waals surface area (Å²) < 4.78 is 0. The summed E-state index contributed by atoms with van der Waals surface area (Å²) in [5, 5.41) is 14.0. The summed E-state index contributed by atoms with van der Waals surface area (Å²) >= 11 is 0. The van der Waals surface area contributed by atoms with E-state index >= 15 is 0 Å². The number of nitrogens with one attached hydrogen (secondary N) is 1. The normalized spacial score (nSPS) is 10.3. The molecule has 2 aromatic carbocycles. The molecule has 0 radical (unpaired) electrons. The lowest BCUT2D eigenvalue weighted by atomic mass is 10.1. The SMILES string of the molecule is CCc1ccc(CNc2ccc([N+](=O)[O-])c(C)c2)cc1. The van der Waals surface area contributed by atoms with Crippen molar-refractivity contribution in [3.05, 3.63) is 69.3 Å². The van der Waals surface area contributed by atoms with Gasteiger partial charge in [0, 0.05) is 23.9 Å². The summed E-state index contributed by atoms with van der Waals surface area (Å²) in [6.07, 6.45) is 1.04. The fourth-order valence-electron chi connectivity index (χ4n) is 2.07. The number of nitro benzene ring substituents is 1. The molecule has 0 fully saturated rings. The van der Waals surface area contributed by atoms with Gasteiger partial charge in [0.05, 0.1) is 4.92 Å². The van der Waals surface area contributed by atoms with E-state index in [2.05, 4.69) is 36.5 Å². The van der Waals surface area contributed by atoms with Gasteiger partial charge in [-0.25, -0.2) is 0 Å². The highest BCUT2D eigenvalue weighted by molar-refractivity contribution is 5.53. The molecule has 2 rings (SSSR count). The molecule has 0 saturated carbocycles. The van der Waals surface area contributed by atoms with Crippen LogP contribution in [-0.4, -0.2) is 4.92 Å². The van der Waals surface area contributed by atoms with Crippen LogP contribution in [0.2, 0.25) is 0 Å². The second-order valence-corrected chi connectivity index (χ2v) is 4.78. The molecule has 104 valence electrons. The molecule has 0 bridgehead atoms. The summed E-state index contributed by atoms with van der Waals surface area (Å²) in [5.74, 6) is 0. The third-order valence-electron chi connectivity index (χ3n) is 3.32. The maximum atomic E-state index is 10.8. The first-order valence-corrected chi connectivity index (χ1v) is 6.67. The predicted octanol–water partition coefficient (Wildman–Crippen LogP) is 4.08. The molecule has 0 spiro atoms. The lowest BCUT2D eigenvalue weighted by Crippen LogP contribution is -2.00. The zero-order chi connectivity index (χ0) is 14.5. The molecule has 0 unspecified atom stereocenters. The van der Waals surface area contributed by atoms with E-state index in [4.69, 9.17) is 0 Å². The number of hydrogen-bond acceptors (Lipinski definition) is 3. The van der Waals surface area contributed by atoms with Crippen LogP contribution in [0.4, 0.5) is 11.4 Å². The smallest absolute Gasteiger partial charge is 0.272 e. The van der Waals surface area contributed by atoms with Gasteiger partial charge in [-0.15, -0.1) is 0 Å². The van der Waals surface area contributed by atoms with Gasteiger partial charge in [-0.1, -0.05) is 31.2 Å². The zero-order valence-electron chi connectivity index (χ0n) is 11.7. The maximum absolute atomic E-state index is 10.8. The van der Waals surface area contributed by atoms with Gasteiger partial charge in [-0.2, -0.15) is 0 Å². The monoisotopic (exact) mass is 270 g/mol. The average molecular weight is 270 g/mol. The highest BCUT2D eigenvalue weighted by Crippen LogP contribution is 2.22. The Bertz CT molecular complexity index is 606. The van der Waals surface area contributed by atoms with Gasteiger partial charge >= 0.3 is 0 Å². The van der Waals surface area contributed by atoms with Gasteiger partial charge in [0.1, 0.15) is 0 Å². The Balaban J connectivity index is 2.03. The number of anilines is 1. The zero-order valence-corrected chi connectivity index (χ0v) is 11.7. The first-order chi connectivity index (χ1) is 9.60. The Morgan fingerprint density at radius 3 is 2.30 bits per heavy atom. The molecule has 20 heavy (non-hydrogen) atoms. The van der Waals surface area contributed by atoms with Crippen molar-refractivity contribution in [2.24, 2.45) is 0 Å². The number of benzene rings is 2. The molecule has 0 aromatic heterocycles. The largest absolute Gasteiger partial charge is 0.381 e. The van der Waals surface area contributed by atoms with Crippen molar-refractivity contribution in [2.45, 2.75) is 26.8 Å². The molecule has 0 heterocycles. The molecule has 0 saturated heterocycles. The highest BCUT2D eigenvalue weighted by atomic mass is 16.6. The Morgan fingerprint density at radius 1 is 1.10 bits per heavy atom. The van der Waals surface area contributed by atoms with Crippen molar-refractivity contribution in [3.8, 4) is 0 Å². The van der Waals surface area contributed by atoms with Crippen LogP contribution in [0.25, 0.3) is 0 Å². The van der Waals surface area contributed by atoms with Crippen molar-refractivity contribution in [2.75, 3.05) is 5.32 Å². The minimum absolute atomic E-state index is 0.155. The fraction of sp³-hybridized carbons (Fsp3) is 0.250. The van der Waals surface area contributed by atoms with Gasteiger partial charge in [0.25, 0.3) is 5.69 Å². The van der Waals surface area contributed by atoms with Gasteiger partial charge in [0.2, 0.25) is 0 Å². The summed E-state index contributed by atoms with van der Waals surface area (Å²) in [7, 11) is 0. The molecule has 2 aromatic rings. The fourth-order valence-corrected chi connectivity index (χ4v) is 2.07. The van der Waals surface area contributed by atoms with E-state index in [1.807, 2.05) is 0 Å². The minimum Gasteiger partial charge on any atom is -0.381 e. The molecule has 4 nitrogen and oxygen atoms in total. The molecular weight excluding hydrogens is 252 g/mol. The molecule has 0 aliphatic rings. The summed E-state index contributed by atoms with van der Waals surface area (Å²) in [4.78, 5) is 10.4. The number of rotatable bonds is 5. The lowest BCUT2D eigenvalue weighted by Gasteiger charge is -2.08.